The van der Waals surface area contributed by atoms with Crippen LogP contribution in [0.3, 0.4) is 0 Å². The number of nitrogens with zero attached hydrogens (tertiary/aromatic N) is 1. The Kier molecular flexibility index (Phi) is 7.41. The Morgan fingerprint density at radius 2 is 1.64 bits per heavy atom. The molecule has 0 saturated heterocycles. The first-order valence-corrected chi connectivity index (χ1v) is 9.56. The predicted molar refractivity (Wildman–Crippen MR) is 119 cm³/mol. The van der Waals surface area contributed by atoms with E-state index in [1.165, 1.54) is 0 Å². The number of nitrogens with one attached hydrogen (secondary N) is 2. The maximum Gasteiger partial charge on any atom is 0.187 e. The number of benzene rings is 3. The van der Waals surface area contributed by atoms with E-state index in [1.807, 2.05) is 78.9 Å². The molecule has 6 heteroatoms. The van der Waals surface area contributed by atoms with Crippen molar-refractivity contribution in [2.75, 3.05) is 0 Å². The van der Waals surface area contributed by atoms with Crippen LogP contribution in [0.1, 0.15) is 16.7 Å². The summed E-state index contributed by atoms with van der Waals surface area (Å²) in [6.45, 7) is 1.15. The lowest BCUT2D eigenvalue weighted by molar-refractivity contribution is 0.306. The van der Waals surface area contributed by atoms with E-state index >= 15 is 0 Å². The topological polar surface area (TPSA) is 45.7 Å². The summed E-state index contributed by atoms with van der Waals surface area (Å²) in [6, 6.07) is 25.3. The Labute approximate surface area is 175 Å². The Balaban J connectivity index is 1.41. The van der Waals surface area contributed by atoms with Crippen LogP contribution in [0.5, 0.6) is 5.75 Å². The third kappa shape index (κ3) is 6.68. The number of halogens is 1. The molecule has 0 aliphatic heterocycles. The van der Waals surface area contributed by atoms with Gasteiger partial charge in [-0.05, 0) is 65.3 Å². The highest BCUT2D eigenvalue weighted by atomic mass is 35.5. The quantitative estimate of drug-likeness (QED) is 0.330. The molecule has 0 atom stereocenters. The van der Waals surface area contributed by atoms with Crippen molar-refractivity contribution in [2.45, 2.75) is 13.2 Å². The first-order valence-electron chi connectivity index (χ1n) is 8.77. The molecule has 4 nitrogen and oxygen atoms in total. The molecule has 0 bridgehead atoms. The van der Waals surface area contributed by atoms with E-state index in [-0.39, 0.29) is 0 Å². The van der Waals surface area contributed by atoms with Crippen LogP contribution < -0.4 is 15.5 Å². The highest BCUT2D eigenvalue weighted by molar-refractivity contribution is 7.80. The number of ether oxygens (including phenoxy) is 1. The fourth-order valence-electron chi connectivity index (χ4n) is 2.38. The standard InChI is InChI=1S/C22H20ClN3OS/c23-20-10-6-19(7-11-20)16-27-21-12-8-18(9-13-21)15-25-26-22(28)24-14-17-4-2-1-3-5-17/h1-13,15H,14,16H2,(H2,24,26,28)/b25-15+. The fourth-order valence-corrected chi connectivity index (χ4v) is 2.63. The lowest BCUT2D eigenvalue weighted by Crippen LogP contribution is -2.31. The lowest BCUT2D eigenvalue weighted by atomic mass is 10.2. The van der Waals surface area contributed by atoms with E-state index in [4.69, 9.17) is 28.6 Å². The molecule has 0 fully saturated rings. The summed E-state index contributed by atoms with van der Waals surface area (Å²) in [4.78, 5) is 0. The van der Waals surface area contributed by atoms with E-state index in [0.29, 0.717) is 18.3 Å². The van der Waals surface area contributed by atoms with Gasteiger partial charge in [0.1, 0.15) is 12.4 Å². The molecule has 0 aromatic heterocycles. The summed E-state index contributed by atoms with van der Waals surface area (Å²) < 4.78 is 5.77. The molecular weight excluding hydrogens is 390 g/mol. The molecule has 0 unspecified atom stereocenters. The minimum Gasteiger partial charge on any atom is -0.489 e. The minimum absolute atomic E-state index is 0.475. The summed E-state index contributed by atoms with van der Waals surface area (Å²) in [5.74, 6) is 0.792. The van der Waals surface area contributed by atoms with Crippen molar-refractivity contribution in [3.63, 3.8) is 0 Å². The second-order valence-corrected chi connectivity index (χ2v) is 6.87. The average Bonchev–Trinajstić information content (AvgIpc) is 2.73. The maximum absolute atomic E-state index is 5.88. The van der Waals surface area contributed by atoms with Gasteiger partial charge in [0.15, 0.2) is 5.11 Å². The van der Waals surface area contributed by atoms with Crippen LogP contribution in [0.2, 0.25) is 5.02 Å². The third-order valence-electron chi connectivity index (χ3n) is 3.87. The molecule has 0 radical (unpaired) electrons. The normalized spacial score (nSPS) is 10.6. The molecule has 2 N–H and O–H groups in total. The van der Waals surface area contributed by atoms with Crippen molar-refractivity contribution >= 4 is 35.1 Å². The zero-order valence-electron chi connectivity index (χ0n) is 15.1. The number of hydrogen-bond acceptors (Lipinski definition) is 3. The smallest absolute Gasteiger partial charge is 0.187 e. The summed E-state index contributed by atoms with van der Waals surface area (Å²) in [7, 11) is 0. The average molecular weight is 410 g/mol. The number of thiocarbonyl (C=S) groups is 1. The highest BCUT2D eigenvalue weighted by Gasteiger charge is 1.98. The monoisotopic (exact) mass is 409 g/mol. The van der Waals surface area contributed by atoms with Crippen LogP contribution in [0.25, 0.3) is 0 Å². The van der Waals surface area contributed by atoms with Crippen LogP contribution in [0, 0.1) is 0 Å². The lowest BCUT2D eigenvalue weighted by Gasteiger charge is -2.07. The predicted octanol–water partition coefficient (Wildman–Crippen LogP) is 4.92. The van der Waals surface area contributed by atoms with E-state index < -0.39 is 0 Å². The fraction of sp³-hybridized carbons (Fsp3) is 0.0909. The molecule has 0 heterocycles. The van der Waals surface area contributed by atoms with Crippen molar-refractivity contribution in [1.82, 2.24) is 10.7 Å². The first-order chi connectivity index (χ1) is 13.7. The van der Waals surface area contributed by atoms with Crippen molar-refractivity contribution in [1.29, 1.82) is 0 Å². The summed E-state index contributed by atoms with van der Waals surface area (Å²) in [5, 5.41) is 8.45. The summed E-state index contributed by atoms with van der Waals surface area (Å²) in [6.07, 6.45) is 1.71. The van der Waals surface area contributed by atoms with E-state index in [9.17, 15) is 0 Å². The van der Waals surface area contributed by atoms with Gasteiger partial charge in [-0.15, -0.1) is 0 Å². The summed E-state index contributed by atoms with van der Waals surface area (Å²) >= 11 is 11.1. The van der Waals surface area contributed by atoms with Crippen LogP contribution in [-0.2, 0) is 13.2 Å². The number of rotatable bonds is 7. The van der Waals surface area contributed by atoms with E-state index in [1.54, 1.807) is 6.21 Å². The SMILES string of the molecule is S=C(NCc1ccccc1)N/N=C/c1ccc(OCc2ccc(Cl)cc2)cc1. The van der Waals surface area contributed by atoms with Crippen molar-refractivity contribution < 1.29 is 4.74 Å². The molecule has 3 rings (SSSR count). The van der Waals surface area contributed by atoms with Gasteiger partial charge in [0.25, 0.3) is 0 Å². The second-order valence-electron chi connectivity index (χ2n) is 6.02. The minimum atomic E-state index is 0.475. The largest absolute Gasteiger partial charge is 0.489 e. The molecular formula is C22H20ClN3OS. The zero-order chi connectivity index (χ0) is 19.6. The van der Waals surface area contributed by atoms with Crippen molar-refractivity contribution in [2.24, 2.45) is 5.10 Å². The highest BCUT2D eigenvalue weighted by Crippen LogP contribution is 2.15. The Morgan fingerprint density at radius 3 is 2.36 bits per heavy atom. The van der Waals surface area contributed by atoms with Gasteiger partial charge in [-0.25, -0.2) is 0 Å². The van der Waals surface area contributed by atoms with Gasteiger partial charge in [0.2, 0.25) is 0 Å². The third-order valence-corrected chi connectivity index (χ3v) is 4.36. The maximum atomic E-state index is 5.88. The number of hydrogen-bond donors (Lipinski definition) is 2. The van der Waals surface area contributed by atoms with E-state index in [2.05, 4.69) is 15.8 Å². The summed E-state index contributed by atoms with van der Waals surface area (Å²) in [5.41, 5.74) is 5.98. The Hall–Kier alpha value is -2.89. The Bertz CT molecular complexity index is 913. The molecule has 0 spiro atoms. The van der Waals surface area contributed by atoms with Gasteiger partial charge in [0.05, 0.1) is 6.21 Å². The molecule has 0 amide bonds. The van der Waals surface area contributed by atoms with Gasteiger partial charge in [-0.2, -0.15) is 5.10 Å². The van der Waals surface area contributed by atoms with Crippen molar-refractivity contribution in [3.05, 3.63) is 101 Å². The molecule has 3 aromatic carbocycles. The van der Waals surface area contributed by atoms with Gasteiger partial charge in [0, 0.05) is 11.6 Å². The van der Waals surface area contributed by atoms with Gasteiger partial charge < -0.3 is 10.1 Å². The molecule has 142 valence electrons. The molecule has 0 aliphatic rings. The van der Waals surface area contributed by atoms with Crippen LogP contribution in [0.15, 0.2) is 84.0 Å². The van der Waals surface area contributed by atoms with Crippen LogP contribution in [-0.4, -0.2) is 11.3 Å². The van der Waals surface area contributed by atoms with Crippen molar-refractivity contribution in [3.8, 4) is 5.75 Å². The Morgan fingerprint density at radius 1 is 0.929 bits per heavy atom. The van der Waals surface area contributed by atoms with Gasteiger partial charge in [-0.3, -0.25) is 5.43 Å². The molecule has 0 aliphatic carbocycles. The molecule has 3 aromatic rings. The second kappa shape index (κ2) is 10.4. The zero-order valence-corrected chi connectivity index (χ0v) is 16.7. The van der Waals surface area contributed by atoms with Gasteiger partial charge >= 0.3 is 0 Å². The van der Waals surface area contributed by atoms with Crippen LogP contribution in [0.4, 0.5) is 0 Å². The van der Waals surface area contributed by atoms with Gasteiger partial charge in [-0.1, -0.05) is 54.1 Å². The first kappa shape index (κ1) is 19.9. The molecule has 0 saturated carbocycles. The molecule has 28 heavy (non-hydrogen) atoms. The van der Waals surface area contributed by atoms with Crippen LogP contribution >= 0.6 is 23.8 Å². The van der Waals surface area contributed by atoms with E-state index in [0.717, 1.165) is 27.5 Å². The number of hydrazone groups is 1.